The van der Waals surface area contributed by atoms with Crippen molar-refractivity contribution in [3.8, 4) is 21.9 Å². The maximum absolute atomic E-state index is 13.7. The van der Waals surface area contributed by atoms with E-state index in [0.717, 1.165) is 21.0 Å². The van der Waals surface area contributed by atoms with E-state index in [1.807, 2.05) is 67.6 Å². The van der Waals surface area contributed by atoms with Crippen molar-refractivity contribution in [3.63, 3.8) is 0 Å². The van der Waals surface area contributed by atoms with Gasteiger partial charge in [-0.15, -0.1) is 11.3 Å². The Kier molecular flexibility index (Phi) is 6.56. The largest absolute Gasteiger partial charge is 0.493 e. The van der Waals surface area contributed by atoms with Gasteiger partial charge < -0.3 is 18.8 Å². The van der Waals surface area contributed by atoms with Crippen LogP contribution in [0.4, 0.5) is 0 Å². The lowest BCUT2D eigenvalue weighted by Gasteiger charge is -2.22. The van der Waals surface area contributed by atoms with Gasteiger partial charge in [0, 0.05) is 6.54 Å². The molecule has 0 spiro atoms. The van der Waals surface area contributed by atoms with Crippen LogP contribution in [0.3, 0.4) is 0 Å². The first-order valence-corrected chi connectivity index (χ1v) is 11.0. The quantitative estimate of drug-likeness (QED) is 0.352. The summed E-state index contributed by atoms with van der Waals surface area (Å²) in [6.07, 6.45) is 1.61. The van der Waals surface area contributed by atoms with Crippen molar-refractivity contribution in [2.24, 2.45) is 0 Å². The highest BCUT2D eigenvalue weighted by molar-refractivity contribution is 7.15. The molecule has 0 atom stereocenters. The number of carbonyl (C=O) groups excluding carboxylic acids is 1. The van der Waals surface area contributed by atoms with E-state index in [9.17, 15) is 4.79 Å². The zero-order valence-electron chi connectivity index (χ0n) is 18.2. The van der Waals surface area contributed by atoms with Gasteiger partial charge in [-0.3, -0.25) is 4.79 Å². The van der Waals surface area contributed by atoms with Crippen LogP contribution in [-0.2, 0) is 13.1 Å². The summed E-state index contributed by atoms with van der Waals surface area (Å²) in [6.45, 7) is 2.61. The van der Waals surface area contributed by atoms with Crippen molar-refractivity contribution >= 4 is 17.2 Å². The first kappa shape index (κ1) is 21.6. The molecule has 0 N–H and O–H groups in total. The average Bonchev–Trinajstić information content (AvgIpc) is 3.48. The molecule has 0 radical (unpaired) electrons. The SMILES string of the molecule is COc1ccc(CN(Cc2ccco2)C(=O)c2nc(C)sc2-c2ccccc2)cc1OC. The number of aromatic nitrogens is 1. The number of thiazole rings is 1. The van der Waals surface area contributed by atoms with E-state index in [1.165, 1.54) is 11.3 Å². The zero-order chi connectivity index (χ0) is 22.5. The number of rotatable bonds is 8. The summed E-state index contributed by atoms with van der Waals surface area (Å²) in [5.74, 6) is 1.80. The van der Waals surface area contributed by atoms with Gasteiger partial charge >= 0.3 is 0 Å². The summed E-state index contributed by atoms with van der Waals surface area (Å²) in [5.41, 5.74) is 2.34. The second-order valence-corrected chi connectivity index (χ2v) is 8.41. The van der Waals surface area contributed by atoms with Gasteiger partial charge in [0.15, 0.2) is 11.5 Å². The van der Waals surface area contributed by atoms with E-state index in [1.54, 1.807) is 25.4 Å². The number of ether oxygens (including phenoxy) is 2. The molecule has 0 fully saturated rings. The molecule has 0 unspecified atom stereocenters. The topological polar surface area (TPSA) is 64.8 Å². The maximum atomic E-state index is 13.7. The van der Waals surface area contributed by atoms with Crippen molar-refractivity contribution in [2.75, 3.05) is 14.2 Å². The third-order valence-electron chi connectivity index (χ3n) is 5.01. The first-order chi connectivity index (χ1) is 15.6. The van der Waals surface area contributed by atoms with Gasteiger partial charge in [-0.2, -0.15) is 0 Å². The average molecular weight is 449 g/mol. The minimum absolute atomic E-state index is 0.153. The number of aryl methyl sites for hydroxylation is 1. The fraction of sp³-hybridized carbons (Fsp3) is 0.200. The van der Waals surface area contributed by atoms with Crippen molar-refractivity contribution in [2.45, 2.75) is 20.0 Å². The van der Waals surface area contributed by atoms with Crippen LogP contribution in [0.5, 0.6) is 11.5 Å². The molecule has 2 aromatic heterocycles. The zero-order valence-corrected chi connectivity index (χ0v) is 19.0. The van der Waals surface area contributed by atoms with E-state index >= 15 is 0 Å². The molecule has 4 rings (SSSR count). The minimum atomic E-state index is -0.153. The Morgan fingerprint density at radius 1 is 1.00 bits per heavy atom. The number of carbonyl (C=O) groups is 1. The van der Waals surface area contributed by atoms with Crippen LogP contribution in [0.15, 0.2) is 71.3 Å². The first-order valence-electron chi connectivity index (χ1n) is 10.1. The lowest BCUT2D eigenvalue weighted by atomic mass is 10.1. The van der Waals surface area contributed by atoms with Crippen LogP contribution < -0.4 is 9.47 Å². The molecule has 6 nitrogen and oxygen atoms in total. The molecular formula is C25H24N2O4S. The second kappa shape index (κ2) is 9.70. The standard InChI is InChI=1S/C25H24N2O4S/c1-17-26-23(24(32-17)19-8-5-4-6-9-19)25(28)27(16-20-10-7-13-31-20)15-18-11-12-21(29-2)22(14-18)30-3/h4-14H,15-16H2,1-3H3. The van der Waals surface area contributed by atoms with Gasteiger partial charge in [0.1, 0.15) is 11.5 Å². The van der Waals surface area contributed by atoms with Crippen LogP contribution in [0.1, 0.15) is 26.8 Å². The smallest absolute Gasteiger partial charge is 0.274 e. The van der Waals surface area contributed by atoms with Gasteiger partial charge in [0.2, 0.25) is 0 Å². The van der Waals surface area contributed by atoms with Crippen molar-refractivity contribution < 1.29 is 18.7 Å². The highest BCUT2D eigenvalue weighted by Crippen LogP contribution is 2.32. The van der Waals surface area contributed by atoms with Crippen LogP contribution >= 0.6 is 11.3 Å². The predicted octanol–water partition coefficient (Wildman–Crippen LogP) is 5.57. The van der Waals surface area contributed by atoms with Gasteiger partial charge in [-0.1, -0.05) is 36.4 Å². The Hall–Kier alpha value is -3.58. The maximum Gasteiger partial charge on any atom is 0.274 e. The highest BCUT2D eigenvalue weighted by Gasteiger charge is 2.25. The number of benzene rings is 2. The number of furan rings is 1. The molecular weight excluding hydrogens is 424 g/mol. The molecule has 2 aromatic carbocycles. The molecule has 7 heteroatoms. The fourth-order valence-corrected chi connectivity index (χ4v) is 4.41. The van der Waals surface area contributed by atoms with Crippen LogP contribution in [0.2, 0.25) is 0 Å². The summed E-state index contributed by atoms with van der Waals surface area (Å²) < 4.78 is 16.3. The predicted molar refractivity (Wildman–Crippen MR) is 124 cm³/mol. The molecule has 4 aromatic rings. The molecule has 0 saturated carbocycles. The number of hydrogen-bond acceptors (Lipinski definition) is 6. The van der Waals surface area contributed by atoms with Crippen molar-refractivity contribution in [1.82, 2.24) is 9.88 Å². The van der Waals surface area contributed by atoms with Gasteiger partial charge in [0.25, 0.3) is 5.91 Å². The normalized spacial score (nSPS) is 10.7. The summed E-state index contributed by atoms with van der Waals surface area (Å²) in [6, 6.07) is 19.2. The van der Waals surface area contributed by atoms with Gasteiger partial charge in [0.05, 0.1) is 36.9 Å². The van der Waals surface area contributed by atoms with Crippen molar-refractivity contribution in [3.05, 3.63) is 89.0 Å². The van der Waals surface area contributed by atoms with Crippen molar-refractivity contribution in [1.29, 1.82) is 0 Å². The van der Waals surface area contributed by atoms with Crippen LogP contribution in [0.25, 0.3) is 10.4 Å². The number of hydrogen-bond donors (Lipinski definition) is 0. The highest BCUT2D eigenvalue weighted by atomic mass is 32.1. The van der Waals surface area contributed by atoms with E-state index in [0.29, 0.717) is 36.0 Å². The second-order valence-electron chi connectivity index (χ2n) is 7.21. The summed E-state index contributed by atoms with van der Waals surface area (Å²) in [5, 5.41) is 0.844. The molecule has 0 aliphatic rings. The Morgan fingerprint density at radius 3 is 2.47 bits per heavy atom. The Labute approximate surface area is 191 Å². The number of amides is 1. The van der Waals surface area contributed by atoms with Gasteiger partial charge in [-0.25, -0.2) is 4.98 Å². The third-order valence-corrected chi connectivity index (χ3v) is 6.03. The summed E-state index contributed by atoms with van der Waals surface area (Å²) in [7, 11) is 3.19. The Bertz CT molecular complexity index is 1190. The molecule has 0 aliphatic carbocycles. The molecule has 1 amide bonds. The molecule has 0 saturated heterocycles. The van der Waals surface area contributed by atoms with Gasteiger partial charge in [-0.05, 0) is 42.3 Å². The van der Waals surface area contributed by atoms with E-state index < -0.39 is 0 Å². The van der Waals surface area contributed by atoms with Crippen LogP contribution in [-0.4, -0.2) is 30.0 Å². The minimum Gasteiger partial charge on any atom is -0.493 e. The molecule has 0 bridgehead atoms. The number of nitrogens with zero attached hydrogens (tertiary/aromatic N) is 2. The Morgan fingerprint density at radius 2 is 1.78 bits per heavy atom. The summed E-state index contributed by atoms with van der Waals surface area (Å²) >= 11 is 1.52. The molecule has 0 aliphatic heterocycles. The monoisotopic (exact) mass is 448 g/mol. The lowest BCUT2D eigenvalue weighted by molar-refractivity contribution is 0.0713. The summed E-state index contributed by atoms with van der Waals surface area (Å²) in [4.78, 5) is 20.9. The lowest BCUT2D eigenvalue weighted by Crippen LogP contribution is -2.30. The van der Waals surface area contributed by atoms with Crippen LogP contribution in [0, 0.1) is 6.92 Å². The Balaban J connectivity index is 1.69. The third kappa shape index (κ3) is 4.68. The molecule has 2 heterocycles. The van der Waals surface area contributed by atoms with E-state index in [2.05, 4.69) is 4.98 Å². The van der Waals surface area contributed by atoms with E-state index in [-0.39, 0.29) is 5.91 Å². The molecule has 32 heavy (non-hydrogen) atoms. The van der Waals surface area contributed by atoms with E-state index in [4.69, 9.17) is 13.9 Å². The molecule has 164 valence electrons. The number of methoxy groups -OCH3 is 2. The fourth-order valence-electron chi connectivity index (χ4n) is 3.50.